The smallest absolute Gasteiger partial charge is 0.240 e. The van der Waals surface area contributed by atoms with Crippen LogP contribution in [0.1, 0.15) is 44.3 Å². The number of hydrogen-bond donors (Lipinski definition) is 1. The molecule has 0 radical (unpaired) electrons. The molecule has 4 atom stereocenters. The van der Waals surface area contributed by atoms with E-state index >= 15 is 0 Å². The van der Waals surface area contributed by atoms with Gasteiger partial charge in [-0.25, -0.2) is 4.98 Å². The van der Waals surface area contributed by atoms with Gasteiger partial charge in [-0.1, -0.05) is 13.3 Å². The summed E-state index contributed by atoms with van der Waals surface area (Å²) in [6.45, 7) is 3.07. The van der Waals surface area contributed by atoms with E-state index in [2.05, 4.69) is 22.2 Å². The minimum Gasteiger partial charge on any atom is -0.480 e. The maximum atomic E-state index is 5.46. The number of ether oxygens (including phenoxy) is 2. The third-order valence-corrected chi connectivity index (χ3v) is 5.09. The fraction of sp³-hybridized carbons (Fsp3) is 0.750. The molecular weight excluding hydrogens is 266 g/mol. The molecule has 3 rings (SSSR count). The zero-order valence-corrected chi connectivity index (χ0v) is 13.1. The van der Waals surface area contributed by atoms with Gasteiger partial charge in [-0.15, -0.1) is 0 Å². The highest BCUT2D eigenvalue weighted by Gasteiger charge is 2.44. The standard InChI is InChI=1S/C16H25N3O2/c1-4-17-14(12-8-10-5-6-11(12)7-10)15-16(21-3)19-13(20-2)9-18-15/h9-12,14,17H,4-8H2,1-3H3. The minimum absolute atomic E-state index is 0.235. The summed E-state index contributed by atoms with van der Waals surface area (Å²) in [4.78, 5) is 8.99. The van der Waals surface area contributed by atoms with E-state index in [1.165, 1.54) is 25.7 Å². The largest absolute Gasteiger partial charge is 0.480 e. The summed E-state index contributed by atoms with van der Waals surface area (Å²) in [7, 11) is 3.25. The number of hydrogen-bond acceptors (Lipinski definition) is 5. The molecule has 1 aromatic heterocycles. The molecular formula is C16H25N3O2. The van der Waals surface area contributed by atoms with Crippen molar-refractivity contribution in [2.24, 2.45) is 17.8 Å². The predicted octanol–water partition coefficient (Wildman–Crippen LogP) is 2.58. The summed E-state index contributed by atoms with van der Waals surface area (Å²) in [5.41, 5.74) is 0.928. The van der Waals surface area contributed by atoms with E-state index < -0.39 is 0 Å². The van der Waals surface area contributed by atoms with Crippen molar-refractivity contribution in [3.63, 3.8) is 0 Å². The first-order valence-electron chi connectivity index (χ1n) is 7.95. The topological polar surface area (TPSA) is 56.3 Å². The Balaban J connectivity index is 1.90. The van der Waals surface area contributed by atoms with Crippen LogP contribution in [0, 0.1) is 17.8 Å². The van der Waals surface area contributed by atoms with Gasteiger partial charge in [-0.05, 0) is 43.6 Å². The monoisotopic (exact) mass is 291 g/mol. The molecule has 2 saturated carbocycles. The van der Waals surface area contributed by atoms with Crippen molar-refractivity contribution >= 4 is 0 Å². The lowest BCUT2D eigenvalue weighted by atomic mass is 9.82. The molecule has 0 amide bonds. The number of rotatable bonds is 6. The second-order valence-corrected chi connectivity index (χ2v) is 6.18. The number of fused-ring (bicyclic) bond motifs is 2. The van der Waals surface area contributed by atoms with Crippen LogP contribution >= 0.6 is 0 Å². The van der Waals surface area contributed by atoms with Crippen LogP contribution in [0.2, 0.25) is 0 Å². The van der Waals surface area contributed by atoms with Crippen LogP contribution in [0.25, 0.3) is 0 Å². The molecule has 0 saturated heterocycles. The van der Waals surface area contributed by atoms with E-state index in [4.69, 9.17) is 9.47 Å². The van der Waals surface area contributed by atoms with Crippen molar-refractivity contribution < 1.29 is 9.47 Å². The van der Waals surface area contributed by atoms with Gasteiger partial charge >= 0.3 is 0 Å². The van der Waals surface area contributed by atoms with Crippen LogP contribution in [0.3, 0.4) is 0 Å². The number of methoxy groups -OCH3 is 2. The van der Waals surface area contributed by atoms with Crippen LogP contribution in [0.4, 0.5) is 0 Å². The van der Waals surface area contributed by atoms with Crippen molar-refractivity contribution in [2.75, 3.05) is 20.8 Å². The molecule has 5 heteroatoms. The molecule has 1 heterocycles. The maximum absolute atomic E-state index is 5.46. The first-order chi connectivity index (χ1) is 10.3. The highest BCUT2D eigenvalue weighted by atomic mass is 16.5. The number of nitrogens with zero attached hydrogens (tertiary/aromatic N) is 2. The Morgan fingerprint density at radius 1 is 1.29 bits per heavy atom. The average Bonchev–Trinajstić information content (AvgIpc) is 3.15. The van der Waals surface area contributed by atoms with Gasteiger partial charge in [-0.2, -0.15) is 4.98 Å². The normalized spacial score (nSPS) is 28.6. The quantitative estimate of drug-likeness (QED) is 0.873. The van der Waals surface area contributed by atoms with Crippen molar-refractivity contribution in [1.29, 1.82) is 0 Å². The molecule has 4 unspecified atom stereocenters. The molecule has 0 aliphatic heterocycles. The highest BCUT2D eigenvalue weighted by molar-refractivity contribution is 5.27. The molecule has 21 heavy (non-hydrogen) atoms. The van der Waals surface area contributed by atoms with E-state index in [-0.39, 0.29) is 6.04 Å². The molecule has 2 bridgehead atoms. The zero-order valence-electron chi connectivity index (χ0n) is 13.1. The molecule has 2 aliphatic carbocycles. The average molecular weight is 291 g/mol. The van der Waals surface area contributed by atoms with Crippen LogP contribution in [-0.2, 0) is 0 Å². The summed E-state index contributed by atoms with van der Waals surface area (Å²) in [5.74, 6) is 3.48. The van der Waals surface area contributed by atoms with E-state index in [0.717, 1.165) is 24.1 Å². The van der Waals surface area contributed by atoms with Crippen LogP contribution in [0.5, 0.6) is 11.8 Å². The van der Waals surface area contributed by atoms with Gasteiger partial charge in [0.15, 0.2) is 0 Å². The second kappa shape index (κ2) is 6.18. The highest BCUT2D eigenvalue weighted by Crippen LogP contribution is 2.53. The lowest BCUT2D eigenvalue weighted by Crippen LogP contribution is -2.32. The molecule has 0 aromatic carbocycles. The van der Waals surface area contributed by atoms with Crippen LogP contribution in [-0.4, -0.2) is 30.7 Å². The Morgan fingerprint density at radius 3 is 2.71 bits per heavy atom. The molecule has 116 valence electrons. The summed E-state index contributed by atoms with van der Waals surface area (Å²) in [6.07, 6.45) is 7.15. The third kappa shape index (κ3) is 2.71. The maximum Gasteiger partial charge on any atom is 0.240 e. The minimum atomic E-state index is 0.235. The predicted molar refractivity (Wildman–Crippen MR) is 80.5 cm³/mol. The lowest BCUT2D eigenvalue weighted by Gasteiger charge is -2.31. The second-order valence-electron chi connectivity index (χ2n) is 6.18. The third-order valence-electron chi connectivity index (χ3n) is 5.09. The van der Waals surface area contributed by atoms with Gasteiger partial charge < -0.3 is 14.8 Å². The van der Waals surface area contributed by atoms with Crippen molar-refractivity contribution in [3.8, 4) is 11.8 Å². The SMILES string of the molecule is CCNC(c1ncc(OC)nc1OC)C1CC2CCC1C2. The fourth-order valence-corrected chi connectivity index (χ4v) is 4.20. The summed E-state index contributed by atoms with van der Waals surface area (Å²) in [6, 6.07) is 0.235. The molecule has 2 fully saturated rings. The van der Waals surface area contributed by atoms with E-state index in [1.54, 1.807) is 20.4 Å². The van der Waals surface area contributed by atoms with Gasteiger partial charge in [-0.3, -0.25) is 0 Å². The van der Waals surface area contributed by atoms with Crippen LogP contribution < -0.4 is 14.8 Å². The van der Waals surface area contributed by atoms with Gasteiger partial charge in [0.25, 0.3) is 0 Å². The summed E-state index contributed by atoms with van der Waals surface area (Å²) >= 11 is 0. The Hall–Kier alpha value is -1.36. The molecule has 2 aliphatic rings. The lowest BCUT2D eigenvalue weighted by molar-refractivity contribution is 0.241. The fourth-order valence-electron chi connectivity index (χ4n) is 4.20. The molecule has 0 spiro atoms. The van der Waals surface area contributed by atoms with Crippen LogP contribution in [0.15, 0.2) is 6.20 Å². The van der Waals surface area contributed by atoms with Crippen molar-refractivity contribution in [2.45, 2.75) is 38.6 Å². The van der Waals surface area contributed by atoms with E-state index in [0.29, 0.717) is 17.7 Å². The number of aromatic nitrogens is 2. The summed E-state index contributed by atoms with van der Waals surface area (Å²) < 4.78 is 10.6. The Bertz CT molecular complexity index is 494. The van der Waals surface area contributed by atoms with E-state index in [9.17, 15) is 0 Å². The molecule has 1 N–H and O–H groups in total. The zero-order chi connectivity index (χ0) is 14.8. The van der Waals surface area contributed by atoms with Gasteiger partial charge in [0, 0.05) is 0 Å². The summed E-state index contributed by atoms with van der Waals surface area (Å²) in [5, 5.41) is 3.61. The van der Waals surface area contributed by atoms with Gasteiger partial charge in [0.2, 0.25) is 11.8 Å². The first kappa shape index (κ1) is 14.6. The molecule has 5 nitrogen and oxygen atoms in total. The first-order valence-corrected chi connectivity index (χ1v) is 7.95. The van der Waals surface area contributed by atoms with Crippen molar-refractivity contribution in [1.82, 2.24) is 15.3 Å². The van der Waals surface area contributed by atoms with Gasteiger partial charge in [0.05, 0.1) is 26.5 Å². The number of nitrogens with one attached hydrogen (secondary N) is 1. The van der Waals surface area contributed by atoms with Crippen molar-refractivity contribution in [3.05, 3.63) is 11.9 Å². The molecule has 1 aromatic rings. The van der Waals surface area contributed by atoms with Gasteiger partial charge in [0.1, 0.15) is 5.69 Å². The Labute approximate surface area is 126 Å². The Morgan fingerprint density at radius 2 is 2.14 bits per heavy atom. The van der Waals surface area contributed by atoms with E-state index in [1.807, 2.05) is 0 Å². The Kier molecular flexibility index (Phi) is 4.29.